The molecule has 0 aromatic rings. The van der Waals surface area contributed by atoms with Crippen LogP contribution in [0.2, 0.25) is 0 Å². The number of ketones is 2. The van der Waals surface area contributed by atoms with Gasteiger partial charge in [-0.1, -0.05) is 0 Å². The fourth-order valence-corrected chi connectivity index (χ4v) is 2.32. The van der Waals surface area contributed by atoms with Gasteiger partial charge in [0.05, 0.1) is 0 Å². The normalized spacial score (nSPS) is 37.5. The van der Waals surface area contributed by atoms with Gasteiger partial charge in [-0.05, 0) is 18.3 Å². The minimum atomic E-state index is 0.362. The molecule has 0 saturated heterocycles. The molecule has 0 amide bonds. The second kappa shape index (κ2) is 2.43. The number of carbonyl (C=O) groups is 2. The van der Waals surface area contributed by atoms with Gasteiger partial charge < -0.3 is 0 Å². The van der Waals surface area contributed by atoms with Gasteiger partial charge in [0.15, 0.2) is 0 Å². The van der Waals surface area contributed by atoms with E-state index in [9.17, 15) is 9.59 Å². The van der Waals surface area contributed by atoms with E-state index >= 15 is 0 Å². The third kappa shape index (κ3) is 1.22. The minimum Gasteiger partial charge on any atom is -0.300 e. The van der Waals surface area contributed by atoms with E-state index in [4.69, 9.17) is 0 Å². The average Bonchev–Trinajstić information content (AvgIpc) is 2.27. The Morgan fingerprint density at radius 3 is 2.36 bits per heavy atom. The zero-order valence-corrected chi connectivity index (χ0v) is 6.51. The maximum absolute atomic E-state index is 11.0. The predicted octanol–water partition coefficient (Wildman–Crippen LogP) is 1.33. The molecular weight excluding hydrogens is 140 g/mol. The smallest absolute Gasteiger partial charge is 0.133 e. The molecule has 2 saturated carbocycles. The molecular formula is C9H12O2. The lowest BCUT2D eigenvalue weighted by Crippen LogP contribution is -2.19. The number of fused-ring (bicyclic) bond motifs is 1. The van der Waals surface area contributed by atoms with E-state index in [1.807, 2.05) is 0 Å². The van der Waals surface area contributed by atoms with Gasteiger partial charge in [0.2, 0.25) is 0 Å². The van der Waals surface area contributed by atoms with Crippen molar-refractivity contribution in [3.8, 4) is 0 Å². The molecule has 0 aromatic carbocycles. The second-order valence-electron chi connectivity index (χ2n) is 3.75. The van der Waals surface area contributed by atoms with Crippen LogP contribution in [0, 0.1) is 11.8 Å². The molecule has 2 atom stereocenters. The van der Waals surface area contributed by atoms with Crippen LogP contribution in [0.4, 0.5) is 0 Å². The van der Waals surface area contributed by atoms with Crippen LogP contribution in [0.25, 0.3) is 0 Å². The number of rotatable bonds is 0. The molecule has 2 nitrogen and oxygen atoms in total. The first-order chi connectivity index (χ1) is 5.25. The third-order valence-corrected chi connectivity index (χ3v) is 2.93. The molecule has 0 heterocycles. The quantitative estimate of drug-likeness (QED) is 0.524. The van der Waals surface area contributed by atoms with Crippen molar-refractivity contribution in [2.24, 2.45) is 11.8 Å². The molecule has 2 aliphatic rings. The molecule has 2 unspecified atom stereocenters. The Bertz CT molecular complexity index is 206. The van der Waals surface area contributed by atoms with Crippen molar-refractivity contribution >= 4 is 11.6 Å². The van der Waals surface area contributed by atoms with Gasteiger partial charge in [0, 0.05) is 25.7 Å². The molecule has 0 spiro atoms. The number of hydrogen-bond donors (Lipinski definition) is 0. The summed E-state index contributed by atoms with van der Waals surface area (Å²) in [6, 6.07) is 0. The van der Waals surface area contributed by atoms with E-state index in [1.54, 1.807) is 0 Å². The summed E-state index contributed by atoms with van der Waals surface area (Å²) >= 11 is 0. The SMILES string of the molecule is O=C1CCC2CC(=O)CC2C1. The largest absolute Gasteiger partial charge is 0.300 e. The maximum Gasteiger partial charge on any atom is 0.133 e. The van der Waals surface area contributed by atoms with Crippen molar-refractivity contribution in [2.45, 2.75) is 32.1 Å². The van der Waals surface area contributed by atoms with Crippen LogP contribution >= 0.6 is 0 Å². The fourth-order valence-electron chi connectivity index (χ4n) is 2.32. The molecule has 11 heavy (non-hydrogen) atoms. The molecule has 0 aliphatic heterocycles. The lowest BCUT2D eigenvalue weighted by molar-refractivity contribution is -0.122. The van der Waals surface area contributed by atoms with Gasteiger partial charge in [0.25, 0.3) is 0 Å². The molecule has 2 aliphatic carbocycles. The average molecular weight is 152 g/mol. The first kappa shape index (κ1) is 7.01. The van der Waals surface area contributed by atoms with Gasteiger partial charge >= 0.3 is 0 Å². The van der Waals surface area contributed by atoms with Crippen molar-refractivity contribution < 1.29 is 9.59 Å². The summed E-state index contributed by atoms with van der Waals surface area (Å²) in [6.45, 7) is 0. The van der Waals surface area contributed by atoms with Gasteiger partial charge in [-0.2, -0.15) is 0 Å². The van der Waals surface area contributed by atoms with E-state index in [2.05, 4.69) is 0 Å². The van der Waals surface area contributed by atoms with Crippen molar-refractivity contribution in [3.05, 3.63) is 0 Å². The number of hydrogen-bond acceptors (Lipinski definition) is 2. The highest BCUT2D eigenvalue weighted by Gasteiger charge is 2.36. The lowest BCUT2D eigenvalue weighted by atomic mass is 9.81. The topological polar surface area (TPSA) is 34.1 Å². The first-order valence-corrected chi connectivity index (χ1v) is 4.29. The Morgan fingerprint density at radius 1 is 0.909 bits per heavy atom. The summed E-state index contributed by atoms with van der Waals surface area (Å²) in [5.41, 5.74) is 0. The Balaban J connectivity index is 2.08. The summed E-state index contributed by atoms with van der Waals surface area (Å²) in [4.78, 5) is 22.0. The molecule has 0 N–H and O–H groups in total. The van der Waals surface area contributed by atoms with Crippen molar-refractivity contribution in [2.75, 3.05) is 0 Å². The van der Waals surface area contributed by atoms with E-state index in [-0.39, 0.29) is 0 Å². The Kier molecular flexibility index (Phi) is 1.55. The molecule has 2 rings (SSSR count). The van der Waals surface area contributed by atoms with E-state index in [1.165, 1.54) is 0 Å². The summed E-state index contributed by atoms with van der Waals surface area (Å²) in [5.74, 6) is 1.71. The van der Waals surface area contributed by atoms with E-state index in [0.717, 1.165) is 12.8 Å². The van der Waals surface area contributed by atoms with Crippen LogP contribution < -0.4 is 0 Å². The summed E-state index contributed by atoms with van der Waals surface area (Å²) < 4.78 is 0. The zero-order chi connectivity index (χ0) is 7.84. The fraction of sp³-hybridized carbons (Fsp3) is 0.778. The zero-order valence-electron chi connectivity index (χ0n) is 6.51. The summed E-state index contributed by atoms with van der Waals surface area (Å²) in [6.07, 6.45) is 3.79. The molecule has 0 aromatic heterocycles. The summed E-state index contributed by atoms with van der Waals surface area (Å²) in [7, 11) is 0. The highest BCUT2D eigenvalue weighted by molar-refractivity contribution is 5.85. The monoisotopic (exact) mass is 152 g/mol. The number of carbonyl (C=O) groups excluding carboxylic acids is 2. The van der Waals surface area contributed by atoms with Crippen molar-refractivity contribution in [1.82, 2.24) is 0 Å². The van der Waals surface area contributed by atoms with E-state index < -0.39 is 0 Å². The van der Waals surface area contributed by atoms with Crippen LogP contribution in [0.1, 0.15) is 32.1 Å². The minimum absolute atomic E-state index is 0.362. The van der Waals surface area contributed by atoms with Crippen molar-refractivity contribution in [1.29, 1.82) is 0 Å². The standard InChI is InChI=1S/C9H12O2/c10-8-2-1-6-3-9(11)5-7(6)4-8/h6-7H,1-5H2. The van der Waals surface area contributed by atoms with Gasteiger partial charge in [-0.15, -0.1) is 0 Å². The van der Waals surface area contributed by atoms with Crippen LogP contribution in [0.5, 0.6) is 0 Å². The van der Waals surface area contributed by atoms with Crippen molar-refractivity contribution in [3.63, 3.8) is 0 Å². The van der Waals surface area contributed by atoms with Gasteiger partial charge in [-0.3, -0.25) is 9.59 Å². The van der Waals surface area contributed by atoms with Crippen LogP contribution in [-0.2, 0) is 9.59 Å². The van der Waals surface area contributed by atoms with Gasteiger partial charge in [-0.25, -0.2) is 0 Å². The first-order valence-electron chi connectivity index (χ1n) is 4.29. The Hall–Kier alpha value is -0.660. The highest BCUT2D eigenvalue weighted by Crippen LogP contribution is 2.38. The molecule has 0 radical (unpaired) electrons. The predicted molar refractivity (Wildman–Crippen MR) is 40.1 cm³/mol. The maximum atomic E-state index is 11.0. The lowest BCUT2D eigenvalue weighted by Gasteiger charge is -2.22. The molecule has 2 heteroatoms. The van der Waals surface area contributed by atoms with E-state index in [0.29, 0.717) is 42.7 Å². The molecule has 0 bridgehead atoms. The number of Topliss-reactive ketones (excluding diaryl/α,β-unsaturated/α-hetero) is 2. The molecule has 60 valence electrons. The Labute approximate surface area is 66.0 Å². The van der Waals surface area contributed by atoms with Crippen LogP contribution in [0.15, 0.2) is 0 Å². The van der Waals surface area contributed by atoms with Crippen LogP contribution in [0.3, 0.4) is 0 Å². The Morgan fingerprint density at radius 2 is 1.55 bits per heavy atom. The summed E-state index contributed by atoms with van der Waals surface area (Å²) in [5, 5.41) is 0. The van der Waals surface area contributed by atoms with Crippen LogP contribution in [-0.4, -0.2) is 11.6 Å². The highest BCUT2D eigenvalue weighted by atomic mass is 16.1. The molecule has 2 fully saturated rings. The second-order valence-corrected chi connectivity index (χ2v) is 3.75. The third-order valence-electron chi connectivity index (χ3n) is 2.93. The van der Waals surface area contributed by atoms with Gasteiger partial charge in [0.1, 0.15) is 11.6 Å².